The van der Waals surface area contributed by atoms with Gasteiger partial charge in [0.05, 0.1) is 76.5 Å². The molecule has 6 fully saturated rings. The number of aliphatic hydroxyl groups is 14. The van der Waals surface area contributed by atoms with Crippen molar-refractivity contribution in [2.45, 2.75) is 237 Å². The Bertz CT molecular complexity index is 5670. The Morgan fingerprint density at radius 3 is 1.03 bits per heavy atom. The molecule has 147 heavy (non-hydrogen) atoms. The number of benzene rings is 3. The first kappa shape index (κ1) is 128. The fourth-order valence-electron chi connectivity index (χ4n) is 14.3. The van der Waals surface area contributed by atoms with Crippen molar-refractivity contribution in [3.63, 3.8) is 0 Å². The van der Waals surface area contributed by atoms with Crippen molar-refractivity contribution >= 4 is 131 Å². The van der Waals surface area contributed by atoms with Crippen LogP contribution in [0.15, 0.2) is 134 Å². The molecule has 3 aromatic heterocycles. The highest BCUT2D eigenvalue weighted by molar-refractivity contribution is 7.93. The number of hydrogen-bond acceptors (Lipinski definition) is 61. The second-order valence-corrected chi connectivity index (χ2v) is 40.2. The number of carbonyl (C=O) groups is 2. The third kappa shape index (κ3) is 38.1. The summed E-state index contributed by atoms with van der Waals surface area (Å²) in [5, 5.41) is 161. The number of nitrogens with one attached hydrogen (secondary N) is 7. The SMILES string of the molecule is CN[C@@H]1[C@H](O[C@H]2[C@H](O[C@H]3[C@H](O)[C@@H](O)[C@H](NC(N)N)[C@@H](O)[C@@H]3N=C(N)N)O[C@@H](C)[C@]2(O)C=O)O[C@@H](CO)[C@H](O)[C@H]1O.CN[C@@H]1[C@H](O[C@H]2[C@H](O[C@H]3[C@H](O)[C@@H](O)[C@H](NC(N)N)[C@@H](O)[C@@H]3N=C(N)N)O[C@@H](C)[C@]2(O)C=O)O[C@@H](CO)[C@H](O)[C@H]1O.Cc1cc(C)nc(NS(=O)(=O)c2ccc(N)cc2)n1.Nc1ccc(S(=O)(=O)Nc2ncccn2)cc1.Nc1ccc(S(=O)(=O)Nc2nccs2)cc1.O=S(=O)([O-])[O-].O=S(=O)([O-])[O-].O=S(=O)([O-])[O-]. The lowest BCUT2D eigenvalue weighted by molar-refractivity contribution is -0.314. The summed E-state index contributed by atoms with van der Waals surface area (Å²) in [5.74, 6) is -0.923. The van der Waals surface area contributed by atoms with Gasteiger partial charge in [-0.2, -0.15) is 0 Å². The predicted molar refractivity (Wildman–Crippen MR) is 497 cm³/mol. The fourth-order valence-corrected chi connectivity index (χ4v) is 18.0. The average Bonchev–Trinajstić information content (AvgIpc) is 1.59. The number of guanidine groups is 2. The van der Waals surface area contributed by atoms with Crippen LogP contribution in [-0.2, 0) is 109 Å². The van der Waals surface area contributed by atoms with Gasteiger partial charge >= 0.3 is 0 Å². The van der Waals surface area contributed by atoms with Gasteiger partial charge in [-0.1, -0.05) is 0 Å². The van der Waals surface area contributed by atoms with E-state index in [9.17, 15) is 106 Å². The summed E-state index contributed by atoms with van der Waals surface area (Å²) in [5.41, 5.74) is 58.8. The largest absolute Gasteiger partial charge is 0.759 e. The van der Waals surface area contributed by atoms with E-state index in [2.05, 4.69) is 70.3 Å². The van der Waals surface area contributed by atoms with Crippen LogP contribution in [-0.4, -0.2) is 421 Å². The molecule has 2 aliphatic carbocycles. The molecule has 6 aliphatic rings. The van der Waals surface area contributed by atoms with Crippen molar-refractivity contribution in [2.75, 3.05) is 58.7 Å². The van der Waals surface area contributed by atoms with E-state index in [0.29, 0.717) is 33.6 Å². The second kappa shape index (κ2) is 55.4. The van der Waals surface area contributed by atoms with E-state index in [1.54, 1.807) is 31.4 Å². The number of nitrogens with two attached hydrogens (primary N) is 11. The molecule has 0 bridgehead atoms. The third-order valence-electron chi connectivity index (χ3n) is 21.1. The minimum atomic E-state index is -5.17. The molecule has 0 amide bonds. The van der Waals surface area contributed by atoms with Crippen molar-refractivity contribution in [2.24, 2.45) is 55.9 Å². The van der Waals surface area contributed by atoms with Crippen LogP contribution in [0.3, 0.4) is 0 Å². The number of anilines is 6. The summed E-state index contributed by atoms with van der Waals surface area (Å²) in [7, 11) is -23.6. The Labute approximate surface area is 841 Å². The third-order valence-corrected chi connectivity index (χ3v) is 26.0. The number of rotatable bonds is 29. The van der Waals surface area contributed by atoms with E-state index in [1.165, 1.54) is 131 Å². The number of ether oxygens (including phenoxy) is 8. The van der Waals surface area contributed by atoms with E-state index in [-0.39, 0.29) is 39.2 Å². The normalized spacial score (nSPS) is 31.2. The molecule has 0 radical (unpaired) electrons. The highest BCUT2D eigenvalue weighted by Gasteiger charge is 2.63. The number of sulfonamides is 3. The van der Waals surface area contributed by atoms with Gasteiger partial charge in [-0.05, 0) is 127 Å². The molecule has 12 rings (SSSR count). The maximum Gasteiger partial charge on any atom is 0.264 e. The molecule has 832 valence electrons. The standard InChI is InChI=1S/2C21H41N7O12.C12H14N4O2S.C10H10N4O2S.C9H9N3O2S2.3H2O4S/c2*1-5-21(36,4-30)16(40-17-9(26-2)13(34)10(31)6(3-29)38-17)18(37-5)39-15-8(28-20(24)25)11(32)7(27-19(22)23)12(33)14(15)35;1-8-7-9(2)15-12(14-8)16-19(17,18)11-5-3-10(13)4-6-11;11-8-2-4-9(5-3-8)17(15,16)14-10-12-6-1-7-13-10;10-7-1-3-8(4-2-7)16(13,14)12-9-11-5-6-15-9;3*1-5(2,3)4/h2*4-19,26-27,29,31-36H,3,22-23H2,1-2H3,(H4,24,25,28);3-7H,13H2,1-2H3,(H,14,15,16);1-7H,11H2,(H,12,13,14);1-6H,10H2,(H,11,12);3*(H2,1,2,3,4)/p-6/t2*5-,6-,7+,8-,9-,10-,11+,12-,13-,14+,15+,16-,17-,18-,21+;;;;;;/m00....../s1. The maximum absolute atomic E-state index is 12.1. The molecular formula is C73H115N25O42S7-6. The Morgan fingerprint density at radius 1 is 0.449 bits per heavy atom. The van der Waals surface area contributed by atoms with Crippen LogP contribution in [0.4, 0.5) is 34.1 Å². The number of hydrogen-bond donors (Lipinski definition) is 32. The van der Waals surface area contributed by atoms with Crippen LogP contribution in [0.2, 0.25) is 0 Å². The number of aliphatic hydroxyl groups excluding tert-OH is 12. The number of nitrogen functional groups attached to an aromatic ring is 3. The number of thiazole rings is 1. The Hall–Kier alpha value is -9.61. The number of nitrogens with zero attached hydrogens (tertiary/aromatic N) is 7. The van der Waals surface area contributed by atoms with Crippen molar-refractivity contribution < 1.29 is 197 Å². The molecule has 30 atom stereocenters. The molecule has 4 saturated heterocycles. The topological polar surface area (TPSA) is 1190 Å². The van der Waals surface area contributed by atoms with E-state index in [4.69, 9.17) is 154 Å². The number of aromatic nitrogens is 5. The number of aliphatic imine (C=N–C) groups is 2. The zero-order valence-corrected chi connectivity index (χ0v) is 83.0. The Morgan fingerprint density at radius 2 is 0.755 bits per heavy atom. The molecule has 6 aromatic rings. The number of aldehydes is 2. The van der Waals surface area contributed by atoms with Gasteiger partial charge in [0.2, 0.25) is 11.9 Å². The fraction of sp³-hybridized carbons (Fsp3) is 0.548. The lowest BCUT2D eigenvalue weighted by atomic mass is 9.81. The highest BCUT2D eigenvalue weighted by Crippen LogP contribution is 2.42. The van der Waals surface area contributed by atoms with Gasteiger partial charge < -0.3 is 210 Å². The molecule has 4 aliphatic heterocycles. The van der Waals surface area contributed by atoms with Gasteiger partial charge in [-0.15, -0.1) is 11.3 Å². The molecule has 43 N–H and O–H groups in total. The quantitative estimate of drug-likeness (QED) is 0.00394. The highest BCUT2D eigenvalue weighted by atomic mass is 32.3. The van der Waals surface area contributed by atoms with Crippen molar-refractivity contribution in [1.82, 2.24) is 46.2 Å². The summed E-state index contributed by atoms with van der Waals surface area (Å²) in [4.78, 5) is 51.9. The van der Waals surface area contributed by atoms with E-state index in [1.807, 2.05) is 0 Å². The average molecular weight is 2240 g/mol. The van der Waals surface area contributed by atoms with Crippen molar-refractivity contribution in [3.8, 4) is 0 Å². The van der Waals surface area contributed by atoms with Gasteiger partial charge in [-0.25, -0.2) is 69.6 Å². The number of aryl methyl sites for hydroxylation is 2. The zero-order valence-electron chi connectivity index (χ0n) is 77.3. The van der Waals surface area contributed by atoms with Gasteiger partial charge in [-0.3, -0.25) is 50.2 Å². The Kier molecular flexibility index (Phi) is 48.2. The lowest BCUT2D eigenvalue weighted by Crippen LogP contribution is -2.71. The number of carbonyl (C=O) groups excluding carboxylic acids is 2. The van der Waals surface area contributed by atoms with Crippen LogP contribution in [0.25, 0.3) is 0 Å². The van der Waals surface area contributed by atoms with E-state index < -0.39 is 281 Å². The minimum Gasteiger partial charge on any atom is -0.759 e. The minimum absolute atomic E-state index is 0.0318. The smallest absolute Gasteiger partial charge is 0.264 e. The van der Waals surface area contributed by atoms with E-state index >= 15 is 0 Å². The summed E-state index contributed by atoms with van der Waals surface area (Å²) in [6.45, 7) is 4.81. The van der Waals surface area contributed by atoms with Gasteiger partial charge in [0.25, 0.3) is 30.1 Å². The summed E-state index contributed by atoms with van der Waals surface area (Å²) < 4.78 is 227. The first-order chi connectivity index (χ1) is 67.9. The molecule has 67 nitrogen and oxygen atoms in total. The van der Waals surface area contributed by atoms with Crippen molar-refractivity contribution in [3.05, 3.63) is 120 Å². The summed E-state index contributed by atoms with van der Waals surface area (Å²) in [6.07, 6.45) is -32.0. The maximum atomic E-state index is 12.1. The van der Waals surface area contributed by atoms with Crippen LogP contribution in [0.5, 0.6) is 0 Å². The van der Waals surface area contributed by atoms with Gasteiger partial charge in [0.15, 0.2) is 66.0 Å². The molecule has 74 heteroatoms. The zero-order chi connectivity index (χ0) is 112. The molecule has 0 unspecified atom stereocenters. The molecule has 7 heterocycles. The lowest BCUT2D eigenvalue weighted by Gasteiger charge is -2.46. The summed E-state index contributed by atoms with van der Waals surface area (Å²) >= 11 is 1.22. The first-order valence-corrected chi connectivity index (χ1v) is 51.1. The Balaban J connectivity index is 0.000000326. The van der Waals surface area contributed by atoms with Crippen LogP contribution < -0.4 is 98.5 Å². The van der Waals surface area contributed by atoms with Gasteiger partial charge in [0, 0.05) is 83.6 Å². The number of likely N-dealkylation sites (N-methyl/N-ethyl adjacent to an activating group) is 2. The monoisotopic (exact) mass is 2240 g/mol. The first-order valence-electron chi connectivity index (χ1n) is 41.8. The van der Waals surface area contributed by atoms with Crippen molar-refractivity contribution in [1.29, 1.82) is 0 Å². The molecule has 3 aromatic carbocycles. The van der Waals surface area contributed by atoms with Crippen LogP contribution in [0, 0.1) is 13.8 Å². The molecule has 0 spiro atoms. The van der Waals surface area contributed by atoms with E-state index in [0.717, 1.165) is 0 Å². The molecule has 2 saturated carbocycles. The summed E-state index contributed by atoms with van der Waals surface area (Å²) in [6, 6.07) is 13.4. The second-order valence-electron chi connectivity index (χ2n) is 31.8. The van der Waals surface area contributed by atoms with Crippen LogP contribution in [0.1, 0.15) is 25.2 Å². The predicted octanol–water partition coefficient (Wildman–Crippen LogP) is -17.4. The van der Waals surface area contributed by atoms with Crippen LogP contribution >= 0.6 is 11.3 Å². The van der Waals surface area contributed by atoms with Gasteiger partial charge in [0.1, 0.15) is 110 Å². The molecular weight excluding hydrogens is 2120 g/mol.